The molecule has 0 N–H and O–H groups in total. The summed E-state index contributed by atoms with van der Waals surface area (Å²) in [4.78, 5) is 12.3. The zero-order valence-electron chi connectivity index (χ0n) is 10.5. The maximum absolute atomic E-state index is 12.3. The summed E-state index contributed by atoms with van der Waals surface area (Å²) in [7, 11) is 0. The van der Waals surface area contributed by atoms with Gasteiger partial charge in [-0.15, -0.1) is 0 Å². The highest BCUT2D eigenvalue weighted by Gasteiger charge is 2.16. The fourth-order valence-electron chi connectivity index (χ4n) is 2.53. The molecule has 3 nitrogen and oxygen atoms in total. The summed E-state index contributed by atoms with van der Waals surface area (Å²) in [5.74, 6) is 0.0735. The molecule has 3 heteroatoms. The average Bonchev–Trinajstić information content (AvgIpc) is 3.05. The molecule has 0 radical (unpaired) electrons. The summed E-state index contributed by atoms with van der Waals surface area (Å²) >= 11 is 0. The topological polar surface area (TPSA) is 34.9 Å². The first-order valence-corrected chi connectivity index (χ1v) is 6.47. The Labute approximate surface area is 106 Å². The van der Waals surface area contributed by atoms with Crippen LogP contribution in [-0.4, -0.2) is 15.6 Å². The van der Waals surface area contributed by atoms with Crippen LogP contribution in [0.15, 0.2) is 30.6 Å². The fourth-order valence-corrected chi connectivity index (χ4v) is 2.53. The molecule has 0 bridgehead atoms. The lowest BCUT2D eigenvalue weighted by Gasteiger charge is -2.02. The Morgan fingerprint density at radius 1 is 1.28 bits per heavy atom. The van der Waals surface area contributed by atoms with Gasteiger partial charge in [0.25, 0.3) is 0 Å². The lowest BCUT2D eigenvalue weighted by molar-refractivity contribution is 0.103. The number of fused-ring (bicyclic) bond motifs is 1. The van der Waals surface area contributed by atoms with Crippen molar-refractivity contribution in [2.24, 2.45) is 0 Å². The number of hydrogen-bond acceptors (Lipinski definition) is 2. The van der Waals surface area contributed by atoms with Gasteiger partial charge in [-0.2, -0.15) is 5.10 Å². The second-order valence-electron chi connectivity index (χ2n) is 4.75. The van der Waals surface area contributed by atoms with Crippen molar-refractivity contribution in [3.8, 4) is 0 Å². The van der Waals surface area contributed by atoms with Gasteiger partial charge in [0.1, 0.15) is 0 Å². The summed E-state index contributed by atoms with van der Waals surface area (Å²) in [6.07, 6.45) is 6.93. The Bertz CT molecular complexity index is 598. The van der Waals surface area contributed by atoms with Crippen LogP contribution in [0.3, 0.4) is 0 Å². The number of benzene rings is 1. The highest BCUT2D eigenvalue weighted by molar-refractivity contribution is 6.08. The van der Waals surface area contributed by atoms with Crippen molar-refractivity contribution in [2.75, 3.05) is 0 Å². The first kappa shape index (κ1) is 11.2. The van der Waals surface area contributed by atoms with Crippen molar-refractivity contribution < 1.29 is 4.79 Å². The predicted octanol–water partition coefficient (Wildman–Crippen LogP) is 2.62. The van der Waals surface area contributed by atoms with Gasteiger partial charge < -0.3 is 0 Å². The van der Waals surface area contributed by atoms with Gasteiger partial charge >= 0.3 is 0 Å². The second kappa shape index (κ2) is 4.41. The van der Waals surface area contributed by atoms with Crippen molar-refractivity contribution in [1.82, 2.24) is 9.78 Å². The standard InChI is InChI=1S/C15H16N2O/c1-2-17-10-14(9-16-17)15(18)13-7-6-11-4-3-5-12(11)8-13/h6-10H,2-5H2,1H3. The molecular formula is C15H16N2O. The summed E-state index contributed by atoms with van der Waals surface area (Å²) in [5.41, 5.74) is 4.20. The van der Waals surface area contributed by atoms with E-state index in [0.717, 1.165) is 24.9 Å². The van der Waals surface area contributed by atoms with Crippen molar-refractivity contribution in [1.29, 1.82) is 0 Å². The van der Waals surface area contributed by atoms with Crippen LogP contribution < -0.4 is 0 Å². The van der Waals surface area contributed by atoms with Gasteiger partial charge in [0.2, 0.25) is 0 Å². The van der Waals surface area contributed by atoms with E-state index < -0.39 is 0 Å². The van der Waals surface area contributed by atoms with Crippen LogP contribution in [0.5, 0.6) is 0 Å². The van der Waals surface area contributed by atoms with E-state index in [4.69, 9.17) is 0 Å². The number of carbonyl (C=O) groups is 1. The number of carbonyl (C=O) groups excluding carboxylic acids is 1. The first-order valence-electron chi connectivity index (χ1n) is 6.47. The molecule has 1 heterocycles. The Hall–Kier alpha value is -1.90. The van der Waals surface area contributed by atoms with Gasteiger partial charge in [-0.1, -0.05) is 12.1 Å². The molecule has 0 atom stereocenters. The second-order valence-corrected chi connectivity index (χ2v) is 4.75. The quantitative estimate of drug-likeness (QED) is 0.773. The van der Waals surface area contributed by atoms with E-state index in [2.05, 4.69) is 11.2 Å². The SMILES string of the molecule is CCn1cc(C(=O)c2ccc3c(c2)CCC3)cn1. The van der Waals surface area contributed by atoms with E-state index in [-0.39, 0.29) is 5.78 Å². The Morgan fingerprint density at radius 2 is 2.11 bits per heavy atom. The predicted molar refractivity (Wildman–Crippen MR) is 69.8 cm³/mol. The number of hydrogen-bond donors (Lipinski definition) is 0. The summed E-state index contributed by atoms with van der Waals surface area (Å²) in [5, 5.41) is 4.15. The fraction of sp³-hybridized carbons (Fsp3) is 0.333. The summed E-state index contributed by atoms with van der Waals surface area (Å²) in [6.45, 7) is 2.80. The van der Waals surface area contributed by atoms with Crippen molar-refractivity contribution in [2.45, 2.75) is 32.7 Å². The molecule has 18 heavy (non-hydrogen) atoms. The van der Waals surface area contributed by atoms with Gasteiger partial charge in [-0.3, -0.25) is 9.48 Å². The first-order chi connectivity index (χ1) is 8.78. The van der Waals surface area contributed by atoms with E-state index >= 15 is 0 Å². The van der Waals surface area contributed by atoms with Crippen molar-refractivity contribution in [3.05, 3.63) is 52.8 Å². The molecule has 0 amide bonds. The Balaban J connectivity index is 1.92. The number of aromatic nitrogens is 2. The molecule has 0 aliphatic heterocycles. The zero-order valence-corrected chi connectivity index (χ0v) is 10.5. The van der Waals surface area contributed by atoms with Crippen LogP contribution in [0.2, 0.25) is 0 Å². The average molecular weight is 240 g/mol. The lowest BCUT2D eigenvalue weighted by Crippen LogP contribution is -2.01. The van der Waals surface area contributed by atoms with E-state index in [0.29, 0.717) is 5.56 Å². The maximum Gasteiger partial charge on any atom is 0.196 e. The number of nitrogens with zero attached hydrogens (tertiary/aromatic N) is 2. The normalized spacial score (nSPS) is 13.6. The number of rotatable bonds is 3. The highest BCUT2D eigenvalue weighted by Crippen LogP contribution is 2.23. The molecule has 1 aliphatic carbocycles. The third kappa shape index (κ3) is 1.86. The molecular weight excluding hydrogens is 224 g/mol. The van der Waals surface area contributed by atoms with Gasteiger partial charge in [0.15, 0.2) is 5.78 Å². The lowest BCUT2D eigenvalue weighted by atomic mass is 10.0. The highest BCUT2D eigenvalue weighted by atomic mass is 16.1. The van der Waals surface area contributed by atoms with Crippen LogP contribution in [0.25, 0.3) is 0 Å². The number of aryl methyl sites for hydroxylation is 3. The van der Waals surface area contributed by atoms with Crippen molar-refractivity contribution in [3.63, 3.8) is 0 Å². The van der Waals surface area contributed by atoms with E-state index in [1.165, 1.54) is 17.5 Å². The molecule has 92 valence electrons. The van der Waals surface area contributed by atoms with Gasteiger partial charge in [-0.25, -0.2) is 0 Å². The molecule has 2 aromatic rings. The smallest absolute Gasteiger partial charge is 0.196 e. The molecule has 0 fully saturated rings. The van der Waals surface area contributed by atoms with E-state index in [1.807, 2.05) is 25.3 Å². The molecule has 3 rings (SSSR count). The Kier molecular flexibility index (Phi) is 2.74. The van der Waals surface area contributed by atoms with Crippen LogP contribution in [0, 0.1) is 0 Å². The third-order valence-corrected chi connectivity index (χ3v) is 3.58. The van der Waals surface area contributed by atoms with Crippen LogP contribution in [0.1, 0.15) is 40.4 Å². The van der Waals surface area contributed by atoms with Crippen LogP contribution in [0.4, 0.5) is 0 Å². The largest absolute Gasteiger partial charge is 0.288 e. The molecule has 0 spiro atoms. The molecule has 1 aromatic carbocycles. The molecule has 1 aliphatic rings. The van der Waals surface area contributed by atoms with Gasteiger partial charge in [0.05, 0.1) is 11.8 Å². The monoisotopic (exact) mass is 240 g/mol. The molecule has 0 saturated heterocycles. The number of ketones is 1. The maximum atomic E-state index is 12.3. The summed E-state index contributed by atoms with van der Waals surface area (Å²) in [6, 6.07) is 6.09. The summed E-state index contributed by atoms with van der Waals surface area (Å²) < 4.78 is 1.78. The third-order valence-electron chi connectivity index (χ3n) is 3.58. The molecule has 0 saturated carbocycles. The van der Waals surface area contributed by atoms with Gasteiger partial charge in [-0.05, 0) is 43.4 Å². The molecule has 0 unspecified atom stereocenters. The van der Waals surface area contributed by atoms with E-state index in [9.17, 15) is 4.79 Å². The van der Waals surface area contributed by atoms with Gasteiger partial charge in [0, 0.05) is 18.3 Å². The minimum Gasteiger partial charge on any atom is -0.288 e. The Morgan fingerprint density at radius 3 is 2.89 bits per heavy atom. The van der Waals surface area contributed by atoms with Crippen molar-refractivity contribution >= 4 is 5.78 Å². The molecule has 1 aromatic heterocycles. The minimum atomic E-state index is 0.0735. The van der Waals surface area contributed by atoms with Crippen LogP contribution >= 0.6 is 0 Å². The minimum absolute atomic E-state index is 0.0735. The zero-order chi connectivity index (χ0) is 12.5. The van der Waals surface area contributed by atoms with Crippen LogP contribution in [-0.2, 0) is 19.4 Å². The van der Waals surface area contributed by atoms with E-state index in [1.54, 1.807) is 10.9 Å².